The molecule has 0 radical (unpaired) electrons. The topological polar surface area (TPSA) is 46.5 Å². The van der Waals surface area contributed by atoms with E-state index in [-0.39, 0.29) is 23.6 Å². The summed E-state index contributed by atoms with van der Waals surface area (Å²) in [7, 11) is 0. The highest BCUT2D eigenvalue weighted by Gasteiger charge is 2.24. The van der Waals surface area contributed by atoms with E-state index in [1.165, 1.54) is 0 Å². The second-order valence-corrected chi connectivity index (χ2v) is 8.02. The van der Waals surface area contributed by atoms with Crippen molar-refractivity contribution in [2.45, 2.75) is 40.0 Å². The van der Waals surface area contributed by atoms with Crippen LogP contribution in [0.3, 0.4) is 0 Å². The molecule has 0 fully saturated rings. The number of hydrogen-bond acceptors (Lipinski definition) is 3. The summed E-state index contributed by atoms with van der Waals surface area (Å²) in [5, 5.41) is 10.7. The Morgan fingerprint density at radius 3 is 2.14 bits per heavy atom. The largest absolute Gasteiger partial charge is 0.508 e. The summed E-state index contributed by atoms with van der Waals surface area (Å²) < 4.78 is 5.80. The van der Waals surface area contributed by atoms with Crippen molar-refractivity contribution in [2.75, 3.05) is 0 Å². The molecule has 0 saturated heterocycles. The van der Waals surface area contributed by atoms with Gasteiger partial charge < -0.3 is 9.84 Å². The molecule has 0 aliphatic heterocycles. The Kier molecular flexibility index (Phi) is 6.38. The number of phenolic OH excluding ortho intramolecular Hbond substituents is 1. The number of ether oxygens (including phenoxy) is 1. The molecular weight excluding hydrogens is 360 g/mol. The smallest absolute Gasteiger partial charge is 0.311 e. The maximum Gasteiger partial charge on any atom is 0.311 e. The number of aryl methyl sites for hydroxylation is 2. The van der Waals surface area contributed by atoms with Gasteiger partial charge >= 0.3 is 5.97 Å². The van der Waals surface area contributed by atoms with Crippen molar-refractivity contribution in [3.63, 3.8) is 0 Å². The first kappa shape index (κ1) is 20.7. The summed E-state index contributed by atoms with van der Waals surface area (Å²) >= 11 is 0. The van der Waals surface area contributed by atoms with Crippen LogP contribution in [0.1, 0.15) is 54.0 Å². The maximum absolute atomic E-state index is 12.4. The third kappa shape index (κ3) is 5.05. The number of rotatable bonds is 6. The van der Waals surface area contributed by atoms with Crippen molar-refractivity contribution in [3.8, 4) is 11.5 Å². The third-order valence-electron chi connectivity index (χ3n) is 4.91. The van der Waals surface area contributed by atoms with E-state index >= 15 is 0 Å². The van der Waals surface area contributed by atoms with Gasteiger partial charge in [-0.1, -0.05) is 68.4 Å². The molecule has 0 aromatic heterocycles. The molecule has 1 N–H and O–H groups in total. The summed E-state index contributed by atoms with van der Waals surface area (Å²) in [6.07, 6.45) is 0.360. The third-order valence-corrected chi connectivity index (χ3v) is 4.91. The van der Waals surface area contributed by atoms with E-state index in [9.17, 15) is 9.90 Å². The van der Waals surface area contributed by atoms with E-state index < -0.39 is 0 Å². The van der Waals surface area contributed by atoms with Gasteiger partial charge in [0.05, 0.1) is 0 Å². The molecule has 0 bridgehead atoms. The van der Waals surface area contributed by atoms with Crippen LogP contribution in [-0.4, -0.2) is 11.1 Å². The standard InChI is InChI=1S/C26H28O3/c1-17(2)14-25(28)29-24-16-19(4)11-13-22(24)26(20-8-6-5-7-9-20)21-12-10-18(3)15-23(21)27/h5-13,15-17,26-27H,14H2,1-4H3/t26-/m1/s1. The van der Waals surface area contributed by atoms with Gasteiger partial charge in [0.2, 0.25) is 0 Å². The number of hydrogen-bond donors (Lipinski definition) is 1. The minimum Gasteiger partial charge on any atom is -0.508 e. The first-order chi connectivity index (χ1) is 13.8. The minimum absolute atomic E-state index is 0.224. The summed E-state index contributed by atoms with van der Waals surface area (Å²) in [5.41, 5.74) is 4.67. The lowest BCUT2D eigenvalue weighted by molar-refractivity contribution is -0.135. The molecule has 0 saturated carbocycles. The molecule has 3 aromatic carbocycles. The Labute approximate surface area is 173 Å². The van der Waals surface area contributed by atoms with Gasteiger partial charge in [0.1, 0.15) is 11.5 Å². The summed E-state index contributed by atoms with van der Waals surface area (Å²) in [6, 6.07) is 21.6. The van der Waals surface area contributed by atoms with E-state index in [1.54, 1.807) is 6.07 Å². The van der Waals surface area contributed by atoms with Crippen LogP contribution in [0.5, 0.6) is 11.5 Å². The predicted octanol–water partition coefficient (Wildman–Crippen LogP) is 6.14. The molecule has 0 aliphatic rings. The van der Waals surface area contributed by atoms with Crippen molar-refractivity contribution in [1.82, 2.24) is 0 Å². The lowest BCUT2D eigenvalue weighted by atomic mass is 9.83. The lowest BCUT2D eigenvalue weighted by Crippen LogP contribution is -2.14. The number of benzene rings is 3. The first-order valence-corrected chi connectivity index (χ1v) is 10.0. The summed E-state index contributed by atoms with van der Waals surface area (Å²) in [4.78, 5) is 12.4. The molecular formula is C26H28O3. The number of esters is 1. The second-order valence-electron chi connectivity index (χ2n) is 8.02. The molecule has 0 heterocycles. The summed E-state index contributed by atoms with van der Waals surface area (Å²) in [6.45, 7) is 7.92. The number of carbonyl (C=O) groups is 1. The van der Waals surface area contributed by atoms with Crippen LogP contribution in [0.4, 0.5) is 0 Å². The van der Waals surface area contributed by atoms with Crippen LogP contribution < -0.4 is 4.74 Å². The molecule has 3 aromatic rings. The van der Waals surface area contributed by atoms with Crippen molar-refractivity contribution < 1.29 is 14.6 Å². The van der Waals surface area contributed by atoms with Crippen LogP contribution in [0.2, 0.25) is 0 Å². The molecule has 150 valence electrons. The zero-order valence-electron chi connectivity index (χ0n) is 17.5. The van der Waals surface area contributed by atoms with Gasteiger partial charge in [-0.3, -0.25) is 4.79 Å². The highest BCUT2D eigenvalue weighted by Crippen LogP contribution is 2.41. The molecule has 0 spiro atoms. The Balaban J connectivity index is 2.15. The van der Waals surface area contributed by atoms with E-state index in [1.807, 2.05) is 88.4 Å². The fourth-order valence-corrected chi connectivity index (χ4v) is 3.54. The normalized spacial score (nSPS) is 12.0. The quantitative estimate of drug-likeness (QED) is 0.313. The van der Waals surface area contributed by atoms with Gasteiger partial charge in [-0.25, -0.2) is 0 Å². The van der Waals surface area contributed by atoms with E-state index in [4.69, 9.17) is 4.74 Å². The number of phenols is 1. The Morgan fingerprint density at radius 2 is 1.52 bits per heavy atom. The molecule has 3 heteroatoms. The SMILES string of the molecule is Cc1ccc([C@@H](c2ccccc2)c2ccc(C)cc2OC(=O)CC(C)C)c(O)c1. The van der Waals surface area contributed by atoms with Gasteiger partial charge in [0.25, 0.3) is 0 Å². The molecule has 0 unspecified atom stereocenters. The van der Waals surface area contributed by atoms with Crippen molar-refractivity contribution >= 4 is 5.97 Å². The first-order valence-electron chi connectivity index (χ1n) is 10.0. The highest BCUT2D eigenvalue weighted by atomic mass is 16.5. The van der Waals surface area contributed by atoms with E-state index in [2.05, 4.69) is 0 Å². The Morgan fingerprint density at radius 1 is 0.897 bits per heavy atom. The van der Waals surface area contributed by atoms with Crippen LogP contribution in [0, 0.1) is 19.8 Å². The molecule has 29 heavy (non-hydrogen) atoms. The maximum atomic E-state index is 12.4. The van der Waals surface area contributed by atoms with Gasteiger partial charge in [0.15, 0.2) is 0 Å². The molecule has 0 aliphatic carbocycles. The zero-order valence-corrected chi connectivity index (χ0v) is 17.5. The van der Waals surface area contributed by atoms with Crippen LogP contribution >= 0.6 is 0 Å². The van der Waals surface area contributed by atoms with E-state index in [0.29, 0.717) is 12.2 Å². The average molecular weight is 389 g/mol. The highest BCUT2D eigenvalue weighted by molar-refractivity contribution is 5.73. The number of aromatic hydroxyl groups is 1. The van der Waals surface area contributed by atoms with Crippen LogP contribution in [0.25, 0.3) is 0 Å². The fourth-order valence-electron chi connectivity index (χ4n) is 3.54. The fraction of sp³-hybridized carbons (Fsp3) is 0.269. The van der Waals surface area contributed by atoms with Gasteiger partial charge in [-0.2, -0.15) is 0 Å². The Hall–Kier alpha value is -3.07. The lowest BCUT2D eigenvalue weighted by Gasteiger charge is -2.23. The summed E-state index contributed by atoms with van der Waals surface area (Å²) in [5.74, 6) is 0.510. The van der Waals surface area contributed by atoms with Gasteiger partial charge in [-0.05, 0) is 48.6 Å². The average Bonchev–Trinajstić information content (AvgIpc) is 2.65. The monoisotopic (exact) mass is 388 g/mol. The van der Waals surface area contributed by atoms with E-state index in [0.717, 1.165) is 27.8 Å². The number of carbonyl (C=O) groups excluding carboxylic acids is 1. The molecule has 3 nitrogen and oxygen atoms in total. The van der Waals surface area contributed by atoms with Crippen LogP contribution in [0.15, 0.2) is 66.7 Å². The van der Waals surface area contributed by atoms with Gasteiger partial charge in [0, 0.05) is 23.5 Å². The zero-order chi connectivity index (χ0) is 21.0. The molecule has 3 rings (SSSR count). The van der Waals surface area contributed by atoms with Gasteiger partial charge in [-0.15, -0.1) is 0 Å². The molecule has 1 atom stereocenters. The molecule has 0 amide bonds. The van der Waals surface area contributed by atoms with Crippen molar-refractivity contribution in [3.05, 3.63) is 94.5 Å². The Bertz CT molecular complexity index is 990. The van der Waals surface area contributed by atoms with Crippen molar-refractivity contribution in [2.24, 2.45) is 5.92 Å². The van der Waals surface area contributed by atoms with Crippen LogP contribution in [-0.2, 0) is 4.79 Å². The minimum atomic E-state index is -0.251. The predicted molar refractivity (Wildman–Crippen MR) is 116 cm³/mol. The van der Waals surface area contributed by atoms with Crippen molar-refractivity contribution in [1.29, 1.82) is 0 Å². The second kappa shape index (κ2) is 8.95.